The third kappa shape index (κ3) is 3.36. The maximum atomic E-state index is 8.92. The van der Waals surface area contributed by atoms with E-state index >= 15 is 0 Å². The summed E-state index contributed by atoms with van der Waals surface area (Å²) >= 11 is 10.5. The molecule has 0 saturated carbocycles. The second kappa shape index (κ2) is 6.29. The summed E-state index contributed by atoms with van der Waals surface area (Å²) in [6, 6.07) is 7.36. The van der Waals surface area contributed by atoms with E-state index in [0.29, 0.717) is 16.3 Å². The van der Waals surface area contributed by atoms with Crippen LogP contribution in [0, 0.1) is 11.3 Å². The van der Waals surface area contributed by atoms with Crippen LogP contribution >= 0.6 is 24.2 Å². The quantitative estimate of drug-likeness (QED) is 0.666. The van der Waals surface area contributed by atoms with Crippen LogP contribution in [0.15, 0.2) is 23.7 Å². The van der Waals surface area contributed by atoms with Crippen molar-refractivity contribution < 1.29 is 9.31 Å². The van der Waals surface area contributed by atoms with E-state index in [1.807, 2.05) is 45.9 Å². The number of nitrogens with zero attached hydrogens (tertiary/aromatic N) is 1. The molecule has 3 nitrogen and oxygen atoms in total. The molecule has 0 atom stereocenters. The van der Waals surface area contributed by atoms with Crippen molar-refractivity contribution >= 4 is 37.4 Å². The lowest BCUT2D eigenvalue weighted by Gasteiger charge is -2.32. The SMILES string of the molecule is CC1(C)OB(C(=Cc2ccc(C#N)c(Cl)c2)CS)OC1(C)C. The molecule has 1 aromatic carbocycles. The van der Waals surface area contributed by atoms with Gasteiger partial charge in [-0.2, -0.15) is 17.9 Å². The number of halogens is 1. The first-order valence-electron chi connectivity index (χ1n) is 7.07. The van der Waals surface area contributed by atoms with Gasteiger partial charge in [-0.1, -0.05) is 23.7 Å². The van der Waals surface area contributed by atoms with Crippen molar-refractivity contribution in [2.24, 2.45) is 0 Å². The van der Waals surface area contributed by atoms with Gasteiger partial charge < -0.3 is 9.31 Å². The molecule has 1 fully saturated rings. The third-order valence-electron chi connectivity index (χ3n) is 4.20. The number of thiol groups is 1. The lowest BCUT2D eigenvalue weighted by atomic mass is 9.78. The highest BCUT2D eigenvalue weighted by atomic mass is 35.5. The Hall–Kier alpha value is -0.925. The molecular formula is C16H19BClNO2S. The van der Waals surface area contributed by atoms with E-state index in [4.69, 9.17) is 26.2 Å². The minimum absolute atomic E-state index is 0.387. The van der Waals surface area contributed by atoms with Crippen LogP contribution in [0.5, 0.6) is 0 Å². The van der Waals surface area contributed by atoms with Gasteiger partial charge in [-0.15, -0.1) is 0 Å². The highest BCUT2D eigenvalue weighted by Crippen LogP contribution is 2.39. The first kappa shape index (κ1) is 17.4. The molecule has 22 heavy (non-hydrogen) atoms. The molecule has 0 unspecified atom stereocenters. The molecule has 2 rings (SSSR count). The Balaban J connectivity index is 2.30. The number of rotatable bonds is 3. The number of hydrogen-bond donors (Lipinski definition) is 1. The fourth-order valence-electron chi connectivity index (χ4n) is 2.11. The van der Waals surface area contributed by atoms with Crippen molar-refractivity contribution in [3.8, 4) is 6.07 Å². The Morgan fingerprint density at radius 2 is 1.91 bits per heavy atom. The molecule has 1 saturated heterocycles. The zero-order chi connectivity index (χ0) is 16.5. The van der Waals surface area contributed by atoms with E-state index in [2.05, 4.69) is 12.6 Å². The zero-order valence-electron chi connectivity index (χ0n) is 13.2. The average Bonchev–Trinajstić information content (AvgIpc) is 2.65. The molecule has 0 aliphatic carbocycles. The standard InChI is InChI=1S/C16H19BClNO2S/c1-15(2)16(3,4)21-17(20-15)13(10-22)7-11-5-6-12(9-19)14(18)8-11/h5-8,22H,10H2,1-4H3. The molecule has 0 radical (unpaired) electrons. The van der Waals surface area contributed by atoms with Crippen LogP contribution in [0.3, 0.4) is 0 Å². The molecule has 6 heteroatoms. The van der Waals surface area contributed by atoms with E-state index < -0.39 is 7.12 Å². The molecular weight excluding hydrogens is 317 g/mol. The molecule has 0 bridgehead atoms. The predicted octanol–water partition coefficient (Wildman–Crippen LogP) is 4.16. The van der Waals surface area contributed by atoms with Crippen molar-refractivity contribution in [1.82, 2.24) is 0 Å². The fourth-order valence-corrected chi connectivity index (χ4v) is 2.58. The molecule has 1 aliphatic rings. The summed E-state index contributed by atoms with van der Waals surface area (Å²) in [5, 5.41) is 9.36. The van der Waals surface area contributed by atoms with Crippen molar-refractivity contribution in [1.29, 1.82) is 5.26 Å². The van der Waals surface area contributed by atoms with E-state index in [0.717, 1.165) is 11.0 Å². The van der Waals surface area contributed by atoms with Gasteiger partial charge in [-0.05, 0) is 50.9 Å². The van der Waals surface area contributed by atoms with Gasteiger partial charge in [0, 0.05) is 5.75 Å². The van der Waals surface area contributed by atoms with Crippen molar-refractivity contribution in [2.75, 3.05) is 5.75 Å². The van der Waals surface area contributed by atoms with Gasteiger partial charge >= 0.3 is 7.12 Å². The van der Waals surface area contributed by atoms with E-state index in [1.54, 1.807) is 12.1 Å². The van der Waals surface area contributed by atoms with Crippen molar-refractivity contribution in [2.45, 2.75) is 38.9 Å². The summed E-state index contributed by atoms with van der Waals surface area (Å²) in [7, 11) is -0.433. The van der Waals surface area contributed by atoms with Crippen LogP contribution in [-0.4, -0.2) is 24.1 Å². The van der Waals surface area contributed by atoms with Crippen LogP contribution in [0.2, 0.25) is 5.02 Å². The molecule has 1 heterocycles. The van der Waals surface area contributed by atoms with Gasteiger partial charge in [0.1, 0.15) is 6.07 Å². The fraction of sp³-hybridized carbons (Fsp3) is 0.438. The summed E-state index contributed by atoms with van der Waals surface area (Å²) in [5.41, 5.74) is 1.50. The Bertz CT molecular complexity index is 636. The first-order chi connectivity index (χ1) is 10.2. The summed E-state index contributed by atoms with van der Waals surface area (Å²) in [4.78, 5) is 0. The van der Waals surface area contributed by atoms with Gasteiger partial charge in [-0.25, -0.2) is 0 Å². The molecule has 0 aromatic heterocycles. The lowest BCUT2D eigenvalue weighted by molar-refractivity contribution is 0.00578. The van der Waals surface area contributed by atoms with Crippen LogP contribution in [0.1, 0.15) is 38.8 Å². The maximum Gasteiger partial charge on any atom is 0.491 e. The van der Waals surface area contributed by atoms with E-state index in [9.17, 15) is 0 Å². The highest BCUT2D eigenvalue weighted by Gasteiger charge is 2.52. The zero-order valence-corrected chi connectivity index (χ0v) is 14.8. The third-order valence-corrected chi connectivity index (χ3v) is 4.88. The summed E-state index contributed by atoms with van der Waals surface area (Å²) in [6.45, 7) is 8.06. The summed E-state index contributed by atoms with van der Waals surface area (Å²) in [5.74, 6) is 0.508. The van der Waals surface area contributed by atoms with Crippen LogP contribution < -0.4 is 0 Å². The van der Waals surface area contributed by atoms with Gasteiger partial charge in [0.05, 0.1) is 21.8 Å². The Morgan fingerprint density at radius 3 is 2.36 bits per heavy atom. The number of nitriles is 1. The highest BCUT2D eigenvalue weighted by molar-refractivity contribution is 7.80. The number of benzene rings is 1. The second-order valence-corrected chi connectivity index (χ2v) is 7.04. The second-order valence-electron chi connectivity index (χ2n) is 6.32. The smallest absolute Gasteiger partial charge is 0.400 e. The Morgan fingerprint density at radius 1 is 1.32 bits per heavy atom. The van der Waals surface area contributed by atoms with E-state index in [-0.39, 0.29) is 11.2 Å². The minimum atomic E-state index is -0.433. The average molecular weight is 336 g/mol. The van der Waals surface area contributed by atoms with Crippen LogP contribution in [0.25, 0.3) is 6.08 Å². The van der Waals surface area contributed by atoms with Crippen molar-refractivity contribution in [3.63, 3.8) is 0 Å². The lowest BCUT2D eigenvalue weighted by Crippen LogP contribution is -2.41. The Labute approximate surface area is 142 Å². The van der Waals surface area contributed by atoms with Gasteiger partial charge in [0.2, 0.25) is 0 Å². The van der Waals surface area contributed by atoms with Gasteiger partial charge in [0.25, 0.3) is 0 Å². The van der Waals surface area contributed by atoms with Crippen LogP contribution in [0.4, 0.5) is 0 Å². The first-order valence-corrected chi connectivity index (χ1v) is 8.08. The minimum Gasteiger partial charge on any atom is -0.400 e. The van der Waals surface area contributed by atoms with Crippen molar-refractivity contribution in [3.05, 3.63) is 39.8 Å². The topological polar surface area (TPSA) is 42.2 Å². The summed E-state index contributed by atoms with van der Waals surface area (Å²) < 4.78 is 12.1. The van der Waals surface area contributed by atoms with Gasteiger partial charge in [-0.3, -0.25) is 0 Å². The van der Waals surface area contributed by atoms with Gasteiger partial charge in [0.15, 0.2) is 0 Å². The molecule has 1 aromatic rings. The summed E-state index contributed by atoms with van der Waals surface area (Å²) in [6.07, 6.45) is 1.95. The molecule has 0 N–H and O–H groups in total. The molecule has 0 spiro atoms. The number of hydrogen-bond acceptors (Lipinski definition) is 4. The molecule has 116 valence electrons. The normalized spacial score (nSPS) is 20.0. The maximum absolute atomic E-state index is 8.92. The predicted molar refractivity (Wildman–Crippen MR) is 94.1 cm³/mol. The van der Waals surface area contributed by atoms with Crippen LogP contribution in [-0.2, 0) is 9.31 Å². The molecule has 0 amide bonds. The van der Waals surface area contributed by atoms with E-state index in [1.165, 1.54) is 0 Å². The largest absolute Gasteiger partial charge is 0.491 e. The Kier molecular flexibility index (Phi) is 4.98. The monoisotopic (exact) mass is 335 g/mol. The molecule has 1 aliphatic heterocycles.